The number of piperidine rings is 2. The van der Waals surface area contributed by atoms with Gasteiger partial charge in [0.05, 0.1) is 40.9 Å². The molecule has 0 aliphatic carbocycles. The maximum atomic E-state index is 13.2. The Balaban J connectivity index is 0.891. The van der Waals surface area contributed by atoms with Crippen molar-refractivity contribution in [1.29, 1.82) is 0 Å². The van der Waals surface area contributed by atoms with Gasteiger partial charge in [-0.2, -0.15) is 10.1 Å². The van der Waals surface area contributed by atoms with E-state index in [0.717, 1.165) is 74.4 Å². The van der Waals surface area contributed by atoms with Crippen LogP contribution in [-0.4, -0.2) is 111 Å². The summed E-state index contributed by atoms with van der Waals surface area (Å²) < 4.78 is 9.03. The van der Waals surface area contributed by atoms with Crippen molar-refractivity contribution >= 4 is 74.4 Å². The van der Waals surface area contributed by atoms with E-state index in [-0.39, 0.29) is 41.7 Å². The first-order valence-corrected chi connectivity index (χ1v) is 21.0. The topological polar surface area (TPSA) is 185 Å². The number of pyridine rings is 2. The molecule has 0 saturated carbocycles. The van der Waals surface area contributed by atoms with Crippen LogP contribution in [0.2, 0.25) is 5.02 Å². The van der Waals surface area contributed by atoms with E-state index in [1.54, 1.807) is 23.0 Å². The molecule has 3 aliphatic heterocycles. The van der Waals surface area contributed by atoms with Gasteiger partial charge in [0, 0.05) is 82.6 Å². The Kier molecular flexibility index (Phi) is 11.6. The number of nitrogens with one attached hydrogen (secondary N) is 3. The largest absolute Gasteiger partial charge is 0.478 e. The molecule has 3 amide bonds. The molecule has 17 nitrogen and oxygen atoms in total. The molecular weight excluding hydrogens is 788 g/mol. The number of benzene rings is 1. The van der Waals surface area contributed by atoms with Crippen molar-refractivity contribution in [2.75, 3.05) is 68.0 Å². The molecule has 3 saturated heterocycles. The fraction of sp³-hybridized carbons (Fsp3) is 0.476. The Morgan fingerprint density at radius 1 is 1.05 bits per heavy atom. The number of rotatable bonds is 11. The van der Waals surface area contributed by atoms with Crippen LogP contribution in [0.15, 0.2) is 47.5 Å². The van der Waals surface area contributed by atoms with Crippen LogP contribution in [0.3, 0.4) is 0 Å². The fourth-order valence-corrected chi connectivity index (χ4v) is 9.02. The number of fused-ring (bicyclic) bond motifs is 2. The molecule has 3 aliphatic rings. The van der Waals surface area contributed by atoms with E-state index in [4.69, 9.17) is 26.4 Å². The Morgan fingerprint density at radius 3 is 2.58 bits per heavy atom. The molecule has 0 bridgehead atoms. The minimum absolute atomic E-state index is 0.0577. The number of amides is 3. The van der Waals surface area contributed by atoms with Crippen molar-refractivity contribution in [2.45, 2.75) is 64.5 Å². The van der Waals surface area contributed by atoms with Gasteiger partial charge in [-0.3, -0.25) is 38.6 Å². The number of anilines is 4. The minimum Gasteiger partial charge on any atom is -0.478 e. The highest BCUT2D eigenvalue weighted by molar-refractivity contribution is 6.33. The van der Waals surface area contributed by atoms with Gasteiger partial charge in [0.15, 0.2) is 18.2 Å². The Labute approximate surface area is 352 Å². The second-order valence-corrected chi connectivity index (χ2v) is 16.7. The average molecular weight is 839 g/mol. The second kappa shape index (κ2) is 17.0. The van der Waals surface area contributed by atoms with Gasteiger partial charge in [0.2, 0.25) is 17.8 Å². The van der Waals surface area contributed by atoms with Gasteiger partial charge in [0.1, 0.15) is 10.7 Å². The third-order valence-corrected chi connectivity index (χ3v) is 12.2. The first kappa shape index (κ1) is 40.9. The molecule has 3 atom stereocenters. The quantitative estimate of drug-likeness (QED) is 0.162. The third-order valence-electron chi connectivity index (χ3n) is 11.9. The summed E-state index contributed by atoms with van der Waals surface area (Å²) in [4.78, 5) is 70.8. The molecule has 3 fully saturated rings. The molecule has 3 N–H and O–H groups in total. The molecule has 316 valence electrons. The summed E-state index contributed by atoms with van der Waals surface area (Å²) in [7, 11) is 3.44. The van der Waals surface area contributed by atoms with Gasteiger partial charge in [-0.15, -0.1) is 0 Å². The first-order valence-electron chi connectivity index (χ1n) is 20.6. The number of halogens is 1. The number of para-hydroxylation sites is 1. The number of hydrogen-bond acceptors (Lipinski definition) is 13. The summed E-state index contributed by atoms with van der Waals surface area (Å²) in [6.45, 7) is 11.1. The lowest BCUT2D eigenvalue weighted by molar-refractivity contribution is -0.134. The molecule has 0 radical (unpaired) electrons. The number of nitrogens with zero attached hydrogens (tertiary/aromatic N) is 9. The molecule has 5 aromatic rings. The summed E-state index contributed by atoms with van der Waals surface area (Å²) in [5.41, 5.74) is 3.63. The van der Waals surface area contributed by atoms with Crippen LogP contribution in [0.25, 0.3) is 21.9 Å². The van der Waals surface area contributed by atoms with Gasteiger partial charge in [0.25, 0.3) is 11.5 Å². The van der Waals surface area contributed by atoms with Crippen LogP contribution in [0.5, 0.6) is 5.75 Å². The Hall–Kier alpha value is -5.81. The summed E-state index contributed by atoms with van der Waals surface area (Å²) in [6.07, 6.45) is 6.16. The van der Waals surface area contributed by atoms with Crippen molar-refractivity contribution in [3.8, 4) is 5.75 Å². The number of aryl methyl sites for hydroxylation is 1. The number of ether oxygens (including phenoxy) is 1. The number of piperazine rings is 1. The van der Waals surface area contributed by atoms with E-state index in [1.165, 1.54) is 7.05 Å². The van der Waals surface area contributed by atoms with E-state index in [0.29, 0.717) is 58.3 Å². The number of likely N-dealkylation sites (N-methyl/N-ethyl adjacent to an activating group) is 1. The van der Waals surface area contributed by atoms with Crippen LogP contribution >= 0.6 is 11.6 Å². The highest BCUT2D eigenvalue weighted by Gasteiger charge is 2.34. The zero-order valence-electron chi connectivity index (χ0n) is 34.6. The van der Waals surface area contributed by atoms with Crippen LogP contribution < -0.4 is 36.0 Å². The summed E-state index contributed by atoms with van der Waals surface area (Å²) >= 11 is 6.60. The molecule has 7 heterocycles. The lowest BCUT2D eigenvalue weighted by Gasteiger charge is -2.42. The smallest absolute Gasteiger partial charge is 0.294 e. The zero-order chi connectivity index (χ0) is 42.2. The predicted octanol–water partition coefficient (Wildman–Crippen LogP) is 4.12. The molecule has 4 aromatic heterocycles. The van der Waals surface area contributed by atoms with E-state index in [1.807, 2.05) is 43.8 Å². The van der Waals surface area contributed by atoms with Gasteiger partial charge in [-0.25, -0.2) is 9.97 Å². The highest BCUT2D eigenvalue weighted by Crippen LogP contribution is 2.38. The van der Waals surface area contributed by atoms with Gasteiger partial charge in [-0.1, -0.05) is 23.7 Å². The molecule has 1 aromatic carbocycles. The SMILES string of the molecule is CNC(=O)COc1cc2cc(Nc3nc(N4CCN(CC5CCN(c6cccc7c(C8CCC(=O)NC8=O)nn(C)c67)[C@@H](C)C5)CC4)ncc3Cl)cnc2n(C(C)C)c1=O. The van der Waals surface area contributed by atoms with Gasteiger partial charge < -0.3 is 25.2 Å². The second-order valence-electron chi connectivity index (χ2n) is 16.3. The maximum absolute atomic E-state index is 13.2. The van der Waals surface area contributed by atoms with Crippen molar-refractivity contribution in [1.82, 2.24) is 44.8 Å². The van der Waals surface area contributed by atoms with Crippen LogP contribution in [0.1, 0.15) is 64.1 Å². The van der Waals surface area contributed by atoms with E-state index >= 15 is 0 Å². The average Bonchev–Trinajstić information content (AvgIpc) is 3.57. The van der Waals surface area contributed by atoms with Crippen molar-refractivity contribution in [3.05, 3.63) is 63.8 Å². The Bertz CT molecular complexity index is 2510. The van der Waals surface area contributed by atoms with E-state index < -0.39 is 5.92 Å². The molecule has 0 spiro atoms. The highest BCUT2D eigenvalue weighted by atomic mass is 35.5. The lowest BCUT2D eigenvalue weighted by Crippen LogP contribution is -2.50. The predicted molar refractivity (Wildman–Crippen MR) is 230 cm³/mol. The van der Waals surface area contributed by atoms with Crippen LogP contribution in [0, 0.1) is 5.92 Å². The van der Waals surface area contributed by atoms with Crippen molar-refractivity contribution in [3.63, 3.8) is 0 Å². The molecule has 8 rings (SSSR count). The van der Waals surface area contributed by atoms with E-state index in [9.17, 15) is 19.2 Å². The van der Waals surface area contributed by atoms with Gasteiger partial charge in [-0.05, 0) is 64.2 Å². The lowest BCUT2D eigenvalue weighted by atomic mass is 9.89. The summed E-state index contributed by atoms with van der Waals surface area (Å²) in [5.74, 6) is 0.363. The van der Waals surface area contributed by atoms with Gasteiger partial charge >= 0.3 is 0 Å². The molecular formula is C42H51ClN12O5. The number of imide groups is 1. The maximum Gasteiger partial charge on any atom is 0.294 e. The first-order chi connectivity index (χ1) is 28.9. The third kappa shape index (κ3) is 8.19. The zero-order valence-corrected chi connectivity index (χ0v) is 35.3. The number of carbonyl (C=O) groups excluding carboxylic acids is 3. The fourth-order valence-electron chi connectivity index (χ4n) is 8.88. The number of hydrogen-bond donors (Lipinski definition) is 3. The normalized spacial score (nSPS) is 20.2. The number of carbonyl (C=O) groups is 3. The monoisotopic (exact) mass is 838 g/mol. The van der Waals surface area contributed by atoms with Crippen molar-refractivity contribution in [2.24, 2.45) is 13.0 Å². The molecule has 2 unspecified atom stereocenters. The van der Waals surface area contributed by atoms with Crippen molar-refractivity contribution < 1.29 is 19.1 Å². The van der Waals surface area contributed by atoms with Crippen LogP contribution in [-0.2, 0) is 21.4 Å². The van der Waals surface area contributed by atoms with Crippen LogP contribution in [0.4, 0.5) is 23.1 Å². The standard InChI is InChI=1S/C42H51ClN12O5/c1-24(2)55-39-27(19-33(41(55)59)60-23-35(57)44-4)18-28(20-45-39)47-38-31(43)21-46-42(49-38)53-15-13-52(14-16-53)22-26-11-12-54(25(3)17-26)32-8-6-7-29-36(50-51(5)37(29)32)30-9-10-34(56)48-40(30)58/h6-8,18-21,24-26,30H,9-17,22-23H2,1-5H3,(H,44,57)(H,46,47,49)(H,48,56,58)/t25-,26?,30?/m0/s1. The van der Waals surface area contributed by atoms with E-state index in [2.05, 4.69) is 53.6 Å². The Morgan fingerprint density at radius 2 is 1.85 bits per heavy atom. The summed E-state index contributed by atoms with van der Waals surface area (Å²) in [6, 6.07) is 9.80. The minimum atomic E-state index is -0.434. The molecule has 18 heteroatoms. The number of aromatic nitrogens is 6. The summed E-state index contributed by atoms with van der Waals surface area (Å²) in [5, 5.41) is 15.1. The molecule has 60 heavy (non-hydrogen) atoms.